The van der Waals surface area contributed by atoms with Crippen molar-refractivity contribution in [3.63, 3.8) is 0 Å². The molecule has 1 saturated heterocycles. The molecule has 21 heavy (non-hydrogen) atoms. The molecular formula is C19H24N2. The van der Waals surface area contributed by atoms with Crippen molar-refractivity contribution in [2.24, 2.45) is 0 Å². The minimum absolute atomic E-state index is 0.167. The monoisotopic (exact) mass is 280 g/mol. The largest absolute Gasteiger partial charge is 0.309 e. The molecule has 1 atom stereocenters. The maximum absolute atomic E-state index is 3.68. The van der Waals surface area contributed by atoms with Gasteiger partial charge in [0, 0.05) is 31.2 Å². The molecule has 1 unspecified atom stereocenters. The second kappa shape index (κ2) is 6.00. The molecule has 1 fully saturated rings. The van der Waals surface area contributed by atoms with Gasteiger partial charge in [-0.2, -0.15) is 0 Å². The molecule has 0 spiro atoms. The van der Waals surface area contributed by atoms with E-state index in [4.69, 9.17) is 0 Å². The summed E-state index contributed by atoms with van der Waals surface area (Å²) in [5.41, 5.74) is 2.95. The van der Waals surface area contributed by atoms with Crippen molar-refractivity contribution in [2.75, 3.05) is 13.1 Å². The second-order valence-corrected chi connectivity index (χ2v) is 6.58. The van der Waals surface area contributed by atoms with E-state index < -0.39 is 0 Å². The number of nitrogens with one attached hydrogen (secondary N) is 1. The lowest BCUT2D eigenvalue weighted by molar-refractivity contribution is 0.0880. The average molecular weight is 280 g/mol. The number of benzene rings is 2. The zero-order valence-corrected chi connectivity index (χ0v) is 12.9. The first-order valence-corrected chi connectivity index (χ1v) is 7.72. The fourth-order valence-electron chi connectivity index (χ4n) is 3.16. The van der Waals surface area contributed by atoms with Crippen LogP contribution in [0.3, 0.4) is 0 Å². The fraction of sp³-hybridized carbons (Fsp3) is 0.368. The Kier molecular flexibility index (Phi) is 4.09. The van der Waals surface area contributed by atoms with Gasteiger partial charge in [0.2, 0.25) is 0 Å². The second-order valence-electron chi connectivity index (χ2n) is 6.58. The van der Waals surface area contributed by atoms with E-state index in [1.807, 2.05) is 0 Å². The third-order valence-electron chi connectivity index (χ3n) is 4.23. The minimum Gasteiger partial charge on any atom is -0.309 e. The lowest BCUT2D eigenvalue weighted by Gasteiger charge is -2.45. The maximum Gasteiger partial charge on any atom is 0.0477 e. The van der Waals surface area contributed by atoms with Gasteiger partial charge in [-0.25, -0.2) is 0 Å². The third-order valence-corrected chi connectivity index (χ3v) is 4.23. The summed E-state index contributed by atoms with van der Waals surface area (Å²) in [5.74, 6) is 0. The van der Waals surface area contributed by atoms with Gasteiger partial charge in [-0.05, 0) is 25.0 Å². The van der Waals surface area contributed by atoms with Gasteiger partial charge in [0.15, 0.2) is 0 Å². The van der Waals surface area contributed by atoms with Gasteiger partial charge in [-0.15, -0.1) is 0 Å². The van der Waals surface area contributed by atoms with Crippen LogP contribution in [-0.2, 0) is 6.54 Å². The van der Waals surface area contributed by atoms with Crippen LogP contribution in [0.1, 0.15) is 31.0 Å². The van der Waals surface area contributed by atoms with E-state index in [0.29, 0.717) is 6.04 Å². The van der Waals surface area contributed by atoms with Crippen LogP contribution in [0.25, 0.3) is 0 Å². The molecule has 1 aliphatic rings. The van der Waals surface area contributed by atoms with E-state index in [-0.39, 0.29) is 5.54 Å². The summed E-state index contributed by atoms with van der Waals surface area (Å²) in [6.45, 7) is 7.63. The van der Waals surface area contributed by atoms with E-state index >= 15 is 0 Å². The molecule has 110 valence electrons. The van der Waals surface area contributed by atoms with Gasteiger partial charge in [0.1, 0.15) is 0 Å². The van der Waals surface area contributed by atoms with Crippen LogP contribution in [0.5, 0.6) is 0 Å². The van der Waals surface area contributed by atoms with Crippen LogP contribution >= 0.6 is 0 Å². The topological polar surface area (TPSA) is 15.3 Å². The Morgan fingerprint density at radius 1 is 1.00 bits per heavy atom. The molecule has 2 nitrogen and oxygen atoms in total. The summed E-state index contributed by atoms with van der Waals surface area (Å²) in [6, 6.07) is 22.1. The zero-order valence-electron chi connectivity index (χ0n) is 12.9. The van der Waals surface area contributed by atoms with Gasteiger partial charge in [-0.1, -0.05) is 60.7 Å². The van der Waals surface area contributed by atoms with E-state index in [1.54, 1.807) is 0 Å². The van der Waals surface area contributed by atoms with Crippen LogP contribution in [-0.4, -0.2) is 23.5 Å². The Hall–Kier alpha value is -1.64. The molecule has 2 aromatic carbocycles. The molecule has 2 heteroatoms. The van der Waals surface area contributed by atoms with Gasteiger partial charge >= 0.3 is 0 Å². The molecule has 1 aliphatic heterocycles. The number of piperazine rings is 1. The van der Waals surface area contributed by atoms with E-state index in [0.717, 1.165) is 19.6 Å². The standard InChI is InChI=1S/C19H24N2/c1-19(2)15-21(14-16-9-5-3-6-10-16)18(13-20-19)17-11-7-4-8-12-17/h3-12,18,20H,13-15H2,1-2H3. The Balaban J connectivity index is 1.84. The average Bonchev–Trinajstić information content (AvgIpc) is 2.48. The van der Waals surface area contributed by atoms with Gasteiger partial charge < -0.3 is 5.32 Å². The van der Waals surface area contributed by atoms with Crippen molar-refractivity contribution in [3.8, 4) is 0 Å². The zero-order chi connectivity index (χ0) is 14.7. The van der Waals surface area contributed by atoms with Crippen molar-refractivity contribution < 1.29 is 0 Å². The number of rotatable bonds is 3. The highest BCUT2D eigenvalue weighted by Crippen LogP contribution is 2.28. The van der Waals surface area contributed by atoms with Crippen LogP contribution in [0.2, 0.25) is 0 Å². The normalized spacial score (nSPS) is 22.1. The first-order valence-electron chi connectivity index (χ1n) is 7.72. The van der Waals surface area contributed by atoms with Crippen molar-refractivity contribution in [1.29, 1.82) is 0 Å². The summed E-state index contributed by atoms with van der Waals surface area (Å²) >= 11 is 0. The molecule has 0 saturated carbocycles. The first kappa shape index (κ1) is 14.3. The lowest BCUT2D eigenvalue weighted by atomic mass is 9.94. The molecule has 2 aromatic rings. The Morgan fingerprint density at radius 2 is 1.62 bits per heavy atom. The molecule has 0 bridgehead atoms. The SMILES string of the molecule is CC1(C)CN(Cc2ccccc2)C(c2ccccc2)CN1. The highest BCUT2D eigenvalue weighted by molar-refractivity contribution is 5.22. The fourth-order valence-corrected chi connectivity index (χ4v) is 3.16. The predicted molar refractivity (Wildman–Crippen MR) is 88.1 cm³/mol. The molecule has 1 heterocycles. The Labute approximate surface area is 127 Å². The molecule has 0 amide bonds. The molecular weight excluding hydrogens is 256 g/mol. The highest BCUT2D eigenvalue weighted by Gasteiger charge is 2.33. The molecule has 1 N–H and O–H groups in total. The van der Waals surface area contributed by atoms with E-state index in [9.17, 15) is 0 Å². The quantitative estimate of drug-likeness (QED) is 0.924. The number of nitrogens with zero attached hydrogens (tertiary/aromatic N) is 1. The Bertz CT molecular complexity index is 563. The summed E-state index contributed by atoms with van der Waals surface area (Å²) in [7, 11) is 0. The van der Waals surface area contributed by atoms with E-state index in [1.165, 1.54) is 11.1 Å². The van der Waals surface area contributed by atoms with Crippen molar-refractivity contribution >= 4 is 0 Å². The van der Waals surface area contributed by atoms with Crippen LogP contribution in [0.15, 0.2) is 60.7 Å². The smallest absolute Gasteiger partial charge is 0.0477 e. The highest BCUT2D eigenvalue weighted by atomic mass is 15.2. The summed E-state index contributed by atoms with van der Waals surface area (Å²) < 4.78 is 0. The van der Waals surface area contributed by atoms with Gasteiger partial charge in [0.25, 0.3) is 0 Å². The van der Waals surface area contributed by atoms with Gasteiger partial charge in [-0.3, -0.25) is 4.90 Å². The number of hydrogen-bond donors (Lipinski definition) is 1. The summed E-state index contributed by atoms with van der Waals surface area (Å²) in [5, 5.41) is 3.68. The predicted octanol–water partition coefficient (Wildman–Crippen LogP) is 3.61. The Morgan fingerprint density at radius 3 is 2.29 bits per heavy atom. The third kappa shape index (κ3) is 3.52. The first-order chi connectivity index (χ1) is 10.1. The molecule has 0 radical (unpaired) electrons. The molecule has 0 aliphatic carbocycles. The molecule has 0 aromatic heterocycles. The van der Waals surface area contributed by atoms with Crippen molar-refractivity contribution in [2.45, 2.75) is 32.0 Å². The number of hydrogen-bond acceptors (Lipinski definition) is 2. The minimum atomic E-state index is 0.167. The van der Waals surface area contributed by atoms with Crippen LogP contribution < -0.4 is 5.32 Å². The van der Waals surface area contributed by atoms with Crippen molar-refractivity contribution in [1.82, 2.24) is 10.2 Å². The van der Waals surface area contributed by atoms with Crippen LogP contribution in [0, 0.1) is 0 Å². The molecule has 3 rings (SSSR count). The van der Waals surface area contributed by atoms with Crippen LogP contribution in [0.4, 0.5) is 0 Å². The van der Waals surface area contributed by atoms with E-state index in [2.05, 4.69) is 84.7 Å². The summed E-state index contributed by atoms with van der Waals surface area (Å²) in [6.07, 6.45) is 0. The lowest BCUT2D eigenvalue weighted by Crippen LogP contribution is -2.57. The van der Waals surface area contributed by atoms with Crippen molar-refractivity contribution in [3.05, 3.63) is 71.8 Å². The maximum atomic E-state index is 3.68. The van der Waals surface area contributed by atoms with Gasteiger partial charge in [0.05, 0.1) is 0 Å². The summed E-state index contributed by atoms with van der Waals surface area (Å²) in [4.78, 5) is 2.60.